The first kappa shape index (κ1) is 14.5. The Morgan fingerprint density at radius 1 is 1.33 bits per heavy atom. The van der Waals surface area contributed by atoms with Crippen molar-refractivity contribution in [2.24, 2.45) is 5.92 Å². The number of ether oxygens (including phenoxy) is 1. The molecule has 0 aliphatic rings. The summed E-state index contributed by atoms with van der Waals surface area (Å²) < 4.78 is 29.7. The Hall–Kier alpha value is -1.54. The van der Waals surface area contributed by atoms with E-state index in [-0.39, 0.29) is 10.8 Å². The molecule has 0 aromatic heterocycles. The minimum Gasteiger partial charge on any atom is -0.496 e. The third kappa shape index (κ3) is 2.65. The van der Waals surface area contributed by atoms with Gasteiger partial charge in [-0.3, -0.25) is 0 Å². The summed E-state index contributed by atoms with van der Waals surface area (Å²) in [6.07, 6.45) is 0. The highest BCUT2D eigenvalue weighted by Crippen LogP contribution is 2.26. The molecule has 0 aliphatic heterocycles. The summed E-state index contributed by atoms with van der Waals surface area (Å²) in [7, 11) is -2.08. The predicted molar refractivity (Wildman–Crippen MR) is 69.2 cm³/mol. The number of hydrogen-bond donors (Lipinski definition) is 0. The van der Waals surface area contributed by atoms with Gasteiger partial charge in [0, 0.05) is 0 Å². The summed E-state index contributed by atoms with van der Waals surface area (Å²) in [5.41, 5.74) is 0.735. The Bertz CT molecular complexity index is 570. The van der Waals surface area contributed by atoms with Crippen LogP contribution in [0.4, 0.5) is 0 Å². The van der Waals surface area contributed by atoms with Crippen molar-refractivity contribution in [1.82, 2.24) is 0 Å². The third-order valence-electron chi connectivity index (χ3n) is 2.76. The molecule has 0 N–H and O–H groups in total. The Kier molecular flexibility index (Phi) is 4.36. The van der Waals surface area contributed by atoms with Crippen molar-refractivity contribution in [3.63, 3.8) is 0 Å². The summed E-state index contributed by atoms with van der Waals surface area (Å²) in [6, 6.07) is 6.50. The lowest BCUT2D eigenvalue weighted by molar-refractivity contribution is 0.411. The van der Waals surface area contributed by atoms with Crippen LogP contribution in [0.5, 0.6) is 5.75 Å². The molecule has 0 bridgehead atoms. The molecule has 18 heavy (non-hydrogen) atoms. The molecule has 5 heteroatoms. The van der Waals surface area contributed by atoms with Crippen LogP contribution in [0.1, 0.15) is 19.4 Å². The van der Waals surface area contributed by atoms with Gasteiger partial charge < -0.3 is 4.74 Å². The van der Waals surface area contributed by atoms with Crippen LogP contribution in [0.25, 0.3) is 0 Å². The largest absolute Gasteiger partial charge is 0.496 e. The van der Waals surface area contributed by atoms with Crippen LogP contribution >= 0.6 is 0 Å². The summed E-state index contributed by atoms with van der Waals surface area (Å²) >= 11 is 0. The quantitative estimate of drug-likeness (QED) is 0.839. The Morgan fingerprint density at radius 2 is 1.94 bits per heavy atom. The molecular weight excluding hydrogens is 250 g/mol. The molecule has 0 spiro atoms. The van der Waals surface area contributed by atoms with Crippen molar-refractivity contribution in [2.45, 2.75) is 30.9 Å². The van der Waals surface area contributed by atoms with Crippen molar-refractivity contribution in [3.05, 3.63) is 23.8 Å². The molecule has 0 heterocycles. The minimum atomic E-state index is -3.61. The standard InChI is InChI=1S/C13H17NO3S/c1-9(2)13(8-14)18(15,16)11-5-6-12(17-4)10(3)7-11/h5-7,9,13H,1-4H3. The van der Waals surface area contributed by atoms with Crippen LogP contribution in [0.15, 0.2) is 23.1 Å². The number of benzene rings is 1. The molecule has 0 amide bonds. The number of nitriles is 1. The van der Waals surface area contributed by atoms with Gasteiger partial charge >= 0.3 is 0 Å². The highest BCUT2D eigenvalue weighted by atomic mass is 32.2. The number of sulfone groups is 1. The van der Waals surface area contributed by atoms with Gasteiger partial charge in [-0.05, 0) is 36.6 Å². The van der Waals surface area contributed by atoms with Crippen LogP contribution in [0.3, 0.4) is 0 Å². The summed E-state index contributed by atoms with van der Waals surface area (Å²) in [5.74, 6) is 0.384. The maximum Gasteiger partial charge on any atom is 0.194 e. The highest BCUT2D eigenvalue weighted by Gasteiger charge is 2.30. The van der Waals surface area contributed by atoms with Gasteiger partial charge in [0.15, 0.2) is 15.1 Å². The zero-order valence-corrected chi connectivity index (χ0v) is 11.8. The van der Waals surface area contributed by atoms with Crippen molar-refractivity contribution < 1.29 is 13.2 Å². The van der Waals surface area contributed by atoms with Crippen molar-refractivity contribution in [3.8, 4) is 11.8 Å². The monoisotopic (exact) mass is 267 g/mol. The fourth-order valence-electron chi connectivity index (χ4n) is 1.75. The Balaban J connectivity index is 3.30. The predicted octanol–water partition coefficient (Wildman–Crippen LogP) is 2.33. The lowest BCUT2D eigenvalue weighted by atomic mass is 10.1. The minimum absolute atomic E-state index is 0.168. The number of rotatable bonds is 4. The summed E-state index contributed by atoms with van der Waals surface area (Å²) in [5, 5.41) is 7.99. The number of nitrogens with zero attached hydrogens (tertiary/aromatic N) is 1. The van der Waals surface area contributed by atoms with Gasteiger partial charge in [0.05, 0.1) is 18.1 Å². The molecule has 1 aromatic carbocycles. The van der Waals surface area contributed by atoms with Crippen molar-refractivity contribution >= 4 is 9.84 Å². The highest BCUT2D eigenvalue weighted by molar-refractivity contribution is 7.92. The van der Waals surface area contributed by atoms with Gasteiger partial charge in [0.25, 0.3) is 0 Å². The van der Waals surface area contributed by atoms with Gasteiger partial charge in [-0.1, -0.05) is 13.8 Å². The molecule has 0 aliphatic carbocycles. The first-order chi connectivity index (χ1) is 8.34. The van der Waals surface area contributed by atoms with Gasteiger partial charge in [-0.25, -0.2) is 8.42 Å². The fourth-order valence-corrected chi connectivity index (χ4v) is 3.50. The molecule has 1 atom stereocenters. The van der Waals surface area contributed by atoms with E-state index in [9.17, 15) is 8.42 Å². The molecule has 0 saturated heterocycles. The smallest absolute Gasteiger partial charge is 0.194 e. The van der Waals surface area contributed by atoms with Crippen molar-refractivity contribution in [2.75, 3.05) is 7.11 Å². The average molecular weight is 267 g/mol. The Morgan fingerprint density at radius 3 is 2.33 bits per heavy atom. The first-order valence-electron chi connectivity index (χ1n) is 5.62. The summed E-state index contributed by atoms with van der Waals surface area (Å²) in [6.45, 7) is 5.22. The van der Waals surface area contributed by atoms with Gasteiger partial charge in [-0.15, -0.1) is 0 Å². The second-order valence-electron chi connectivity index (χ2n) is 4.47. The van der Waals surface area contributed by atoms with Crippen molar-refractivity contribution in [1.29, 1.82) is 5.26 Å². The summed E-state index contributed by atoms with van der Waals surface area (Å²) in [4.78, 5) is 0.168. The van der Waals surface area contributed by atoms with Crippen LogP contribution in [-0.4, -0.2) is 20.8 Å². The van der Waals surface area contributed by atoms with E-state index in [2.05, 4.69) is 0 Å². The third-order valence-corrected chi connectivity index (χ3v) is 4.99. The van der Waals surface area contributed by atoms with E-state index in [1.54, 1.807) is 32.9 Å². The van der Waals surface area contributed by atoms with E-state index in [1.807, 2.05) is 6.07 Å². The van der Waals surface area contributed by atoms with Crippen LogP contribution < -0.4 is 4.74 Å². The average Bonchev–Trinajstić information content (AvgIpc) is 2.28. The van der Waals surface area contributed by atoms with Crippen LogP contribution in [0, 0.1) is 24.2 Å². The van der Waals surface area contributed by atoms with E-state index < -0.39 is 15.1 Å². The van der Waals surface area contributed by atoms with Crippen LogP contribution in [0.2, 0.25) is 0 Å². The van der Waals surface area contributed by atoms with E-state index >= 15 is 0 Å². The molecule has 0 radical (unpaired) electrons. The molecule has 1 unspecified atom stereocenters. The maximum atomic E-state index is 12.3. The Labute approximate surface area is 108 Å². The molecule has 98 valence electrons. The second-order valence-corrected chi connectivity index (χ2v) is 6.54. The fraction of sp³-hybridized carbons (Fsp3) is 0.462. The second kappa shape index (κ2) is 5.40. The molecule has 1 aromatic rings. The zero-order valence-electron chi connectivity index (χ0n) is 11.0. The molecule has 1 rings (SSSR count). The molecule has 0 fully saturated rings. The maximum absolute atomic E-state index is 12.3. The van der Waals surface area contributed by atoms with Gasteiger partial charge in [0.1, 0.15) is 5.75 Å². The number of hydrogen-bond acceptors (Lipinski definition) is 4. The normalized spacial score (nSPS) is 13.1. The lowest BCUT2D eigenvalue weighted by Gasteiger charge is -2.15. The number of aryl methyl sites for hydroxylation is 1. The molecule has 4 nitrogen and oxygen atoms in total. The molecule has 0 saturated carbocycles. The number of methoxy groups -OCH3 is 1. The van der Waals surface area contributed by atoms with Gasteiger partial charge in [0.2, 0.25) is 0 Å². The van der Waals surface area contributed by atoms with E-state index in [4.69, 9.17) is 10.00 Å². The zero-order chi connectivity index (χ0) is 13.9. The topological polar surface area (TPSA) is 67.2 Å². The van der Waals surface area contributed by atoms with E-state index in [0.29, 0.717) is 5.75 Å². The van der Waals surface area contributed by atoms with Gasteiger partial charge in [-0.2, -0.15) is 5.26 Å². The van der Waals surface area contributed by atoms with E-state index in [0.717, 1.165) is 5.56 Å². The SMILES string of the molecule is COc1ccc(S(=O)(=O)C(C#N)C(C)C)cc1C. The lowest BCUT2D eigenvalue weighted by Crippen LogP contribution is -2.25. The molecular formula is C13H17NO3S. The van der Waals surface area contributed by atoms with E-state index in [1.165, 1.54) is 13.2 Å². The van der Waals surface area contributed by atoms with Crippen LogP contribution in [-0.2, 0) is 9.84 Å². The first-order valence-corrected chi connectivity index (χ1v) is 7.17.